The molecule has 118 valence electrons. The van der Waals surface area contributed by atoms with E-state index in [0.717, 1.165) is 24.8 Å². The van der Waals surface area contributed by atoms with Gasteiger partial charge in [-0.05, 0) is 37.0 Å². The second-order valence-corrected chi connectivity index (χ2v) is 8.07. The summed E-state index contributed by atoms with van der Waals surface area (Å²) in [6.07, 6.45) is 4.18. The molecule has 0 spiro atoms. The lowest BCUT2D eigenvalue weighted by molar-refractivity contribution is 0.150. The van der Waals surface area contributed by atoms with Gasteiger partial charge in [0.2, 0.25) is 0 Å². The maximum atomic E-state index is 11.7. The summed E-state index contributed by atoms with van der Waals surface area (Å²) < 4.78 is 34.7. The number of rotatable bonds is 5. The standard InChI is InChI=1S/C15H21ClO4S/c1-19-14-7-6-11(10-16)8-15(14)20-12-4-3-5-13(9-12)21(2,17)18/h6-8,12-13H,3-5,9-10H2,1-2H3. The van der Waals surface area contributed by atoms with Crippen molar-refractivity contribution in [3.63, 3.8) is 0 Å². The number of hydrogen-bond donors (Lipinski definition) is 0. The Labute approximate surface area is 131 Å². The van der Waals surface area contributed by atoms with E-state index in [9.17, 15) is 8.42 Å². The van der Waals surface area contributed by atoms with Gasteiger partial charge in [-0.2, -0.15) is 0 Å². The molecule has 21 heavy (non-hydrogen) atoms. The quantitative estimate of drug-likeness (QED) is 0.777. The van der Waals surface area contributed by atoms with Crippen LogP contribution in [0.1, 0.15) is 31.2 Å². The Kier molecular flexibility index (Phi) is 5.38. The largest absolute Gasteiger partial charge is 0.493 e. The van der Waals surface area contributed by atoms with E-state index in [1.54, 1.807) is 7.11 Å². The highest BCUT2D eigenvalue weighted by Crippen LogP contribution is 2.33. The summed E-state index contributed by atoms with van der Waals surface area (Å²) in [6.45, 7) is 0. The molecule has 0 bridgehead atoms. The maximum absolute atomic E-state index is 11.7. The molecule has 1 aliphatic carbocycles. The first-order chi connectivity index (χ1) is 9.94. The number of sulfone groups is 1. The first-order valence-electron chi connectivity index (χ1n) is 7.02. The Morgan fingerprint density at radius 3 is 2.67 bits per heavy atom. The average Bonchev–Trinajstić information content (AvgIpc) is 2.46. The fourth-order valence-electron chi connectivity index (χ4n) is 2.67. The minimum atomic E-state index is -3.01. The van der Waals surface area contributed by atoms with Gasteiger partial charge in [-0.25, -0.2) is 8.42 Å². The highest BCUT2D eigenvalue weighted by atomic mass is 35.5. The molecular weight excluding hydrogens is 312 g/mol. The van der Waals surface area contributed by atoms with Gasteiger partial charge in [0.1, 0.15) is 15.9 Å². The lowest BCUT2D eigenvalue weighted by atomic mass is 9.97. The topological polar surface area (TPSA) is 52.6 Å². The summed E-state index contributed by atoms with van der Waals surface area (Å²) in [7, 11) is -1.43. The highest BCUT2D eigenvalue weighted by molar-refractivity contribution is 7.91. The van der Waals surface area contributed by atoms with Crippen molar-refractivity contribution in [3.05, 3.63) is 23.8 Å². The van der Waals surface area contributed by atoms with Crippen molar-refractivity contribution in [2.75, 3.05) is 13.4 Å². The van der Waals surface area contributed by atoms with Gasteiger partial charge in [0, 0.05) is 18.6 Å². The Bertz CT molecular complexity index is 585. The molecule has 1 aromatic rings. The fraction of sp³-hybridized carbons (Fsp3) is 0.600. The summed E-state index contributed by atoms with van der Waals surface area (Å²) in [5, 5.41) is -0.307. The molecule has 1 aliphatic rings. The minimum Gasteiger partial charge on any atom is -0.493 e. The van der Waals surface area contributed by atoms with Crippen LogP contribution in [0.3, 0.4) is 0 Å². The third-order valence-electron chi connectivity index (χ3n) is 3.86. The van der Waals surface area contributed by atoms with Crippen molar-refractivity contribution in [2.24, 2.45) is 0 Å². The van der Waals surface area contributed by atoms with Crippen molar-refractivity contribution in [2.45, 2.75) is 42.9 Å². The van der Waals surface area contributed by atoms with Crippen molar-refractivity contribution in [3.8, 4) is 11.5 Å². The second-order valence-electron chi connectivity index (χ2n) is 5.48. The normalized spacial score (nSPS) is 22.8. The molecule has 2 atom stereocenters. The number of benzene rings is 1. The Hall–Kier alpha value is -0.940. The van der Waals surface area contributed by atoms with Crippen LogP contribution < -0.4 is 9.47 Å². The Balaban J connectivity index is 2.14. The monoisotopic (exact) mass is 332 g/mol. The van der Waals surface area contributed by atoms with Crippen LogP contribution in [0.15, 0.2) is 18.2 Å². The van der Waals surface area contributed by atoms with E-state index in [-0.39, 0.29) is 11.4 Å². The van der Waals surface area contributed by atoms with Crippen LogP contribution >= 0.6 is 11.6 Å². The van der Waals surface area contributed by atoms with Crippen LogP contribution in [0.4, 0.5) is 0 Å². The first-order valence-corrected chi connectivity index (χ1v) is 9.51. The van der Waals surface area contributed by atoms with Gasteiger partial charge >= 0.3 is 0 Å². The lowest BCUT2D eigenvalue weighted by Gasteiger charge is -2.29. The molecule has 0 N–H and O–H groups in total. The summed E-state index contributed by atoms with van der Waals surface area (Å²) in [5.74, 6) is 1.68. The summed E-state index contributed by atoms with van der Waals surface area (Å²) in [5.41, 5.74) is 0.947. The fourth-order valence-corrected chi connectivity index (χ4v) is 4.00. The van der Waals surface area contributed by atoms with E-state index >= 15 is 0 Å². The number of alkyl halides is 1. The molecule has 6 heteroatoms. The average molecular weight is 333 g/mol. The van der Waals surface area contributed by atoms with Crippen LogP contribution in [0.5, 0.6) is 11.5 Å². The molecule has 1 fully saturated rings. The van der Waals surface area contributed by atoms with Crippen LogP contribution in [0.2, 0.25) is 0 Å². The van der Waals surface area contributed by atoms with Crippen molar-refractivity contribution in [1.29, 1.82) is 0 Å². The van der Waals surface area contributed by atoms with Crippen molar-refractivity contribution >= 4 is 21.4 Å². The molecule has 0 aromatic heterocycles. The number of hydrogen-bond acceptors (Lipinski definition) is 4. The van der Waals surface area contributed by atoms with Gasteiger partial charge in [0.15, 0.2) is 11.5 Å². The van der Waals surface area contributed by atoms with Crippen LogP contribution in [-0.4, -0.2) is 33.1 Å². The Morgan fingerprint density at radius 2 is 2.05 bits per heavy atom. The SMILES string of the molecule is COc1ccc(CCl)cc1OC1CCCC(S(C)(=O)=O)C1. The number of ether oxygens (including phenoxy) is 2. The molecule has 2 rings (SSSR count). The van der Waals surface area contributed by atoms with Crippen LogP contribution in [-0.2, 0) is 15.7 Å². The maximum Gasteiger partial charge on any atom is 0.161 e. The zero-order valence-electron chi connectivity index (χ0n) is 12.3. The van der Waals surface area contributed by atoms with E-state index in [4.69, 9.17) is 21.1 Å². The van der Waals surface area contributed by atoms with Gasteiger partial charge in [0.25, 0.3) is 0 Å². The van der Waals surface area contributed by atoms with E-state index < -0.39 is 9.84 Å². The van der Waals surface area contributed by atoms with Crippen LogP contribution in [0.25, 0.3) is 0 Å². The van der Waals surface area contributed by atoms with E-state index in [0.29, 0.717) is 23.8 Å². The zero-order valence-corrected chi connectivity index (χ0v) is 13.9. The molecule has 0 amide bonds. The molecule has 4 nitrogen and oxygen atoms in total. The third-order valence-corrected chi connectivity index (χ3v) is 5.81. The second kappa shape index (κ2) is 6.88. The summed E-state index contributed by atoms with van der Waals surface area (Å²) >= 11 is 5.84. The molecule has 0 saturated heterocycles. The van der Waals surface area contributed by atoms with Gasteiger partial charge < -0.3 is 9.47 Å². The Morgan fingerprint density at radius 1 is 1.29 bits per heavy atom. The van der Waals surface area contributed by atoms with E-state index in [1.807, 2.05) is 18.2 Å². The highest BCUT2D eigenvalue weighted by Gasteiger charge is 2.30. The van der Waals surface area contributed by atoms with Gasteiger partial charge in [-0.15, -0.1) is 11.6 Å². The molecule has 1 aromatic carbocycles. The van der Waals surface area contributed by atoms with E-state index in [2.05, 4.69) is 0 Å². The summed E-state index contributed by atoms with van der Waals surface area (Å²) in [4.78, 5) is 0. The number of methoxy groups -OCH3 is 1. The van der Waals surface area contributed by atoms with Gasteiger partial charge in [-0.3, -0.25) is 0 Å². The molecule has 0 heterocycles. The lowest BCUT2D eigenvalue weighted by Crippen LogP contribution is -2.33. The van der Waals surface area contributed by atoms with Crippen molar-refractivity contribution in [1.82, 2.24) is 0 Å². The van der Waals surface area contributed by atoms with Gasteiger partial charge in [-0.1, -0.05) is 6.07 Å². The predicted octanol–water partition coefficient (Wildman–Crippen LogP) is 3.17. The molecule has 0 aliphatic heterocycles. The summed E-state index contributed by atoms with van der Waals surface area (Å²) in [6, 6.07) is 5.57. The molecular formula is C15H21ClO4S. The van der Waals surface area contributed by atoms with Gasteiger partial charge in [0.05, 0.1) is 12.4 Å². The van der Waals surface area contributed by atoms with Crippen molar-refractivity contribution < 1.29 is 17.9 Å². The number of halogens is 1. The minimum absolute atomic E-state index is 0.0991. The third kappa shape index (κ3) is 4.27. The predicted molar refractivity (Wildman–Crippen MR) is 84.1 cm³/mol. The van der Waals surface area contributed by atoms with Crippen LogP contribution in [0, 0.1) is 0 Å². The van der Waals surface area contributed by atoms with E-state index in [1.165, 1.54) is 6.26 Å². The first kappa shape index (κ1) is 16.4. The molecule has 2 unspecified atom stereocenters. The zero-order chi connectivity index (χ0) is 15.5. The molecule has 0 radical (unpaired) electrons. The molecule has 1 saturated carbocycles. The smallest absolute Gasteiger partial charge is 0.161 e.